The summed E-state index contributed by atoms with van der Waals surface area (Å²) in [4.78, 5) is 24.3. The quantitative estimate of drug-likeness (QED) is 0.524. The molecule has 4 atom stereocenters. The SMILES string of the molecule is C[C@H]1O[C@@H](n2ccc(=O)[nH]c2=O)C(O)[C@H]1O. The van der Waals surface area contributed by atoms with Crippen LogP contribution in [-0.4, -0.2) is 38.1 Å². The second-order valence-electron chi connectivity index (χ2n) is 3.73. The summed E-state index contributed by atoms with van der Waals surface area (Å²) in [6.07, 6.45) is -2.57. The van der Waals surface area contributed by atoms with E-state index in [1.54, 1.807) is 6.92 Å². The molecule has 7 nitrogen and oxygen atoms in total. The van der Waals surface area contributed by atoms with Gasteiger partial charge in [0.05, 0.1) is 6.10 Å². The molecule has 2 heterocycles. The predicted molar refractivity (Wildman–Crippen MR) is 52.9 cm³/mol. The van der Waals surface area contributed by atoms with Gasteiger partial charge >= 0.3 is 5.69 Å². The van der Waals surface area contributed by atoms with E-state index >= 15 is 0 Å². The summed E-state index contributed by atoms with van der Waals surface area (Å²) in [6.45, 7) is 1.59. The Morgan fingerprint density at radius 1 is 1.38 bits per heavy atom. The minimum atomic E-state index is -1.20. The van der Waals surface area contributed by atoms with Gasteiger partial charge in [-0.15, -0.1) is 0 Å². The third-order valence-electron chi connectivity index (χ3n) is 2.60. The van der Waals surface area contributed by atoms with E-state index in [1.165, 1.54) is 6.20 Å². The molecule has 16 heavy (non-hydrogen) atoms. The first-order chi connectivity index (χ1) is 7.50. The van der Waals surface area contributed by atoms with E-state index in [0.717, 1.165) is 10.6 Å². The van der Waals surface area contributed by atoms with Crippen molar-refractivity contribution in [2.45, 2.75) is 31.5 Å². The van der Waals surface area contributed by atoms with Crippen molar-refractivity contribution in [3.05, 3.63) is 33.1 Å². The molecule has 1 fully saturated rings. The van der Waals surface area contributed by atoms with Gasteiger partial charge in [-0.3, -0.25) is 14.3 Å². The van der Waals surface area contributed by atoms with Gasteiger partial charge in [0.2, 0.25) is 0 Å². The third kappa shape index (κ3) is 1.69. The summed E-state index contributed by atoms with van der Waals surface area (Å²) in [7, 11) is 0. The Kier molecular flexibility index (Phi) is 2.66. The van der Waals surface area contributed by atoms with E-state index in [-0.39, 0.29) is 0 Å². The zero-order chi connectivity index (χ0) is 11.9. The van der Waals surface area contributed by atoms with Gasteiger partial charge in [0.25, 0.3) is 5.56 Å². The maximum Gasteiger partial charge on any atom is 0.330 e. The highest BCUT2D eigenvalue weighted by Gasteiger charge is 2.41. The Morgan fingerprint density at radius 2 is 2.06 bits per heavy atom. The fourth-order valence-corrected chi connectivity index (χ4v) is 1.69. The van der Waals surface area contributed by atoms with Gasteiger partial charge in [-0.1, -0.05) is 0 Å². The van der Waals surface area contributed by atoms with Gasteiger partial charge in [-0.2, -0.15) is 0 Å². The highest BCUT2D eigenvalue weighted by molar-refractivity contribution is 4.91. The molecule has 0 radical (unpaired) electrons. The highest BCUT2D eigenvalue weighted by atomic mass is 16.6. The van der Waals surface area contributed by atoms with Crippen LogP contribution < -0.4 is 11.2 Å². The van der Waals surface area contributed by atoms with Crippen LogP contribution in [0, 0.1) is 0 Å². The lowest BCUT2D eigenvalue weighted by atomic mass is 10.1. The average molecular weight is 228 g/mol. The summed E-state index contributed by atoms with van der Waals surface area (Å²) >= 11 is 0. The largest absolute Gasteiger partial charge is 0.388 e. The topological polar surface area (TPSA) is 105 Å². The zero-order valence-corrected chi connectivity index (χ0v) is 8.53. The van der Waals surface area contributed by atoms with Gasteiger partial charge < -0.3 is 14.9 Å². The molecule has 88 valence electrons. The third-order valence-corrected chi connectivity index (χ3v) is 2.60. The van der Waals surface area contributed by atoms with Crippen LogP contribution in [0.3, 0.4) is 0 Å². The number of rotatable bonds is 1. The molecule has 2 rings (SSSR count). The number of nitrogens with zero attached hydrogens (tertiary/aromatic N) is 1. The molecule has 0 saturated carbocycles. The minimum absolute atomic E-state index is 0.526. The number of aliphatic hydroxyl groups excluding tert-OH is 2. The molecule has 1 saturated heterocycles. The average Bonchev–Trinajstić information content (AvgIpc) is 2.46. The summed E-state index contributed by atoms with van der Waals surface area (Å²) in [5, 5.41) is 19.1. The van der Waals surface area contributed by atoms with Crippen molar-refractivity contribution >= 4 is 0 Å². The standard InChI is InChI=1S/C9H12N2O5/c1-4-6(13)7(14)8(16-4)11-3-2-5(12)10-9(11)15/h2-4,6-8,13-14H,1H3,(H,10,12,15)/t4-,6+,7?,8-/m1/s1. The fraction of sp³-hybridized carbons (Fsp3) is 0.556. The van der Waals surface area contributed by atoms with Crippen molar-refractivity contribution in [3.63, 3.8) is 0 Å². The van der Waals surface area contributed by atoms with Crippen molar-refractivity contribution in [1.82, 2.24) is 9.55 Å². The van der Waals surface area contributed by atoms with Gasteiger partial charge in [0.15, 0.2) is 6.23 Å². The van der Waals surface area contributed by atoms with Crippen molar-refractivity contribution in [2.75, 3.05) is 0 Å². The molecular formula is C9H12N2O5. The van der Waals surface area contributed by atoms with Crippen LogP contribution in [-0.2, 0) is 4.74 Å². The molecule has 1 aliphatic rings. The molecule has 0 spiro atoms. The molecule has 0 bridgehead atoms. The lowest BCUT2D eigenvalue weighted by molar-refractivity contribution is -0.0351. The van der Waals surface area contributed by atoms with Crippen LogP contribution in [0.1, 0.15) is 13.2 Å². The number of aliphatic hydroxyl groups is 2. The van der Waals surface area contributed by atoms with Crippen molar-refractivity contribution in [1.29, 1.82) is 0 Å². The van der Waals surface area contributed by atoms with Crippen molar-refractivity contribution < 1.29 is 14.9 Å². The Bertz CT molecular complexity index is 493. The van der Waals surface area contributed by atoms with E-state index in [0.29, 0.717) is 0 Å². The molecular weight excluding hydrogens is 216 g/mol. The smallest absolute Gasteiger partial charge is 0.330 e. The molecule has 1 unspecified atom stereocenters. The fourth-order valence-electron chi connectivity index (χ4n) is 1.69. The lowest BCUT2D eigenvalue weighted by Crippen LogP contribution is -2.37. The first kappa shape index (κ1) is 11.1. The molecule has 1 aromatic heterocycles. The van der Waals surface area contributed by atoms with Gasteiger partial charge in [-0.05, 0) is 6.92 Å². The Morgan fingerprint density at radius 3 is 2.56 bits per heavy atom. The Hall–Kier alpha value is -1.44. The summed E-state index contributed by atoms with van der Waals surface area (Å²) in [6, 6.07) is 1.15. The number of nitrogens with one attached hydrogen (secondary N) is 1. The normalized spacial score (nSPS) is 34.2. The van der Waals surface area contributed by atoms with Crippen LogP contribution >= 0.6 is 0 Å². The lowest BCUT2D eigenvalue weighted by Gasteiger charge is -2.16. The second kappa shape index (κ2) is 3.85. The van der Waals surface area contributed by atoms with Crippen LogP contribution in [0.15, 0.2) is 21.9 Å². The maximum atomic E-state index is 11.4. The second-order valence-corrected chi connectivity index (χ2v) is 3.73. The van der Waals surface area contributed by atoms with E-state index in [1.807, 2.05) is 4.98 Å². The molecule has 0 aromatic carbocycles. The first-order valence-electron chi connectivity index (χ1n) is 4.84. The number of aromatic amines is 1. The van der Waals surface area contributed by atoms with Crippen molar-refractivity contribution in [3.8, 4) is 0 Å². The number of aromatic nitrogens is 2. The minimum Gasteiger partial charge on any atom is -0.388 e. The van der Waals surface area contributed by atoms with Gasteiger partial charge in [0.1, 0.15) is 12.2 Å². The van der Waals surface area contributed by atoms with E-state index in [4.69, 9.17) is 4.74 Å². The summed E-state index contributed by atoms with van der Waals surface area (Å²) < 4.78 is 6.27. The maximum absolute atomic E-state index is 11.4. The van der Waals surface area contributed by atoms with Gasteiger partial charge in [0, 0.05) is 12.3 Å². The summed E-state index contributed by atoms with van der Waals surface area (Å²) in [5.41, 5.74) is -1.21. The molecule has 0 amide bonds. The monoisotopic (exact) mass is 228 g/mol. The number of hydrogen-bond donors (Lipinski definition) is 3. The first-order valence-corrected chi connectivity index (χ1v) is 4.84. The van der Waals surface area contributed by atoms with Crippen LogP contribution in [0.25, 0.3) is 0 Å². The van der Waals surface area contributed by atoms with Gasteiger partial charge in [-0.25, -0.2) is 4.79 Å². The summed E-state index contributed by atoms with van der Waals surface area (Å²) in [5.74, 6) is 0. The molecule has 0 aliphatic carbocycles. The Balaban J connectivity index is 2.39. The van der Waals surface area contributed by atoms with E-state index < -0.39 is 35.8 Å². The number of ether oxygens (including phenoxy) is 1. The molecule has 1 aliphatic heterocycles. The van der Waals surface area contributed by atoms with Crippen LogP contribution in [0.4, 0.5) is 0 Å². The number of H-pyrrole nitrogens is 1. The molecule has 7 heteroatoms. The van der Waals surface area contributed by atoms with Crippen LogP contribution in [0.2, 0.25) is 0 Å². The molecule has 3 N–H and O–H groups in total. The highest BCUT2D eigenvalue weighted by Crippen LogP contribution is 2.27. The van der Waals surface area contributed by atoms with E-state index in [9.17, 15) is 19.8 Å². The van der Waals surface area contributed by atoms with Crippen LogP contribution in [0.5, 0.6) is 0 Å². The predicted octanol–water partition coefficient (Wildman–Crippen LogP) is -1.82. The Labute approximate surface area is 89.9 Å². The van der Waals surface area contributed by atoms with E-state index in [2.05, 4.69) is 0 Å². The zero-order valence-electron chi connectivity index (χ0n) is 8.53. The van der Waals surface area contributed by atoms with Crippen molar-refractivity contribution in [2.24, 2.45) is 0 Å². The number of hydrogen-bond acceptors (Lipinski definition) is 5. The molecule has 1 aromatic rings.